The van der Waals surface area contributed by atoms with Gasteiger partial charge >= 0.3 is 0 Å². The van der Waals surface area contributed by atoms with Crippen molar-refractivity contribution in [1.82, 2.24) is 4.98 Å². The van der Waals surface area contributed by atoms with Gasteiger partial charge in [-0.3, -0.25) is 4.79 Å². The van der Waals surface area contributed by atoms with Gasteiger partial charge in [-0.2, -0.15) is 0 Å². The third-order valence-corrected chi connectivity index (χ3v) is 4.47. The van der Waals surface area contributed by atoms with Gasteiger partial charge in [-0.1, -0.05) is 38.2 Å². The fraction of sp³-hybridized carbons (Fsp3) is 0.500. The third kappa shape index (κ3) is 2.97. The number of carbonyl (C=O) groups excluding carboxylic acids is 1. The Hall–Kier alpha value is -1.77. The molecule has 1 saturated carbocycles. The molecule has 0 amide bonds. The average molecular weight is 285 g/mol. The monoisotopic (exact) mass is 285 g/mol. The second-order valence-corrected chi connectivity index (χ2v) is 5.95. The largest absolute Gasteiger partial charge is 0.493 e. The molecule has 0 saturated heterocycles. The number of hydrogen-bond donors (Lipinski definition) is 1. The van der Waals surface area contributed by atoms with Gasteiger partial charge in [0.25, 0.3) is 0 Å². The zero-order valence-electron chi connectivity index (χ0n) is 12.7. The van der Waals surface area contributed by atoms with E-state index in [4.69, 9.17) is 4.74 Å². The lowest BCUT2D eigenvalue weighted by atomic mass is 9.85. The molecule has 3 nitrogen and oxygen atoms in total. The zero-order valence-corrected chi connectivity index (χ0v) is 12.7. The summed E-state index contributed by atoms with van der Waals surface area (Å²) in [6, 6.07) is 5.89. The van der Waals surface area contributed by atoms with Gasteiger partial charge < -0.3 is 9.72 Å². The van der Waals surface area contributed by atoms with Crippen LogP contribution in [-0.4, -0.2) is 17.4 Å². The number of hydrogen-bond acceptors (Lipinski definition) is 2. The normalized spacial score (nSPS) is 16.2. The first kappa shape index (κ1) is 14.2. The topological polar surface area (TPSA) is 42.1 Å². The van der Waals surface area contributed by atoms with Crippen LogP contribution in [0.3, 0.4) is 0 Å². The first-order valence-corrected chi connectivity index (χ1v) is 8.05. The van der Waals surface area contributed by atoms with Crippen molar-refractivity contribution in [3.63, 3.8) is 0 Å². The SMILES string of the molecule is CCOc1cccc2[nH]cc(C(=O)CC3CCCCC3)c12. The van der Waals surface area contributed by atoms with Gasteiger partial charge in [-0.05, 0) is 25.0 Å². The van der Waals surface area contributed by atoms with E-state index in [1.165, 1.54) is 32.1 Å². The molecule has 1 fully saturated rings. The van der Waals surface area contributed by atoms with Gasteiger partial charge in [-0.15, -0.1) is 0 Å². The molecule has 0 bridgehead atoms. The number of fused-ring (bicyclic) bond motifs is 1. The molecule has 1 aliphatic carbocycles. The number of ketones is 1. The predicted octanol–water partition coefficient (Wildman–Crippen LogP) is 4.72. The van der Waals surface area contributed by atoms with Crippen LogP contribution in [0.2, 0.25) is 0 Å². The highest BCUT2D eigenvalue weighted by atomic mass is 16.5. The van der Waals surface area contributed by atoms with Crippen molar-refractivity contribution in [2.75, 3.05) is 6.61 Å². The third-order valence-electron chi connectivity index (χ3n) is 4.47. The quantitative estimate of drug-likeness (QED) is 0.808. The molecule has 3 heteroatoms. The van der Waals surface area contributed by atoms with Crippen molar-refractivity contribution in [2.45, 2.75) is 45.4 Å². The minimum absolute atomic E-state index is 0.250. The summed E-state index contributed by atoms with van der Waals surface area (Å²) in [6.07, 6.45) is 8.79. The van der Waals surface area contributed by atoms with Crippen LogP contribution in [0.1, 0.15) is 55.8 Å². The molecule has 1 heterocycles. The number of nitrogens with one attached hydrogen (secondary N) is 1. The maximum atomic E-state index is 12.7. The van der Waals surface area contributed by atoms with Crippen LogP contribution >= 0.6 is 0 Å². The Labute approximate surface area is 125 Å². The van der Waals surface area contributed by atoms with Crippen LogP contribution in [0.4, 0.5) is 0 Å². The number of carbonyl (C=O) groups is 1. The van der Waals surface area contributed by atoms with Gasteiger partial charge in [0, 0.05) is 23.7 Å². The molecule has 112 valence electrons. The summed E-state index contributed by atoms with van der Waals surface area (Å²) in [5.74, 6) is 1.62. The highest BCUT2D eigenvalue weighted by Gasteiger charge is 2.21. The Balaban J connectivity index is 1.86. The second-order valence-electron chi connectivity index (χ2n) is 5.95. The Morgan fingerprint density at radius 2 is 2.10 bits per heavy atom. The Morgan fingerprint density at radius 3 is 2.86 bits per heavy atom. The average Bonchev–Trinajstić information content (AvgIpc) is 2.94. The number of aromatic amines is 1. The molecule has 0 unspecified atom stereocenters. The lowest BCUT2D eigenvalue weighted by Crippen LogP contribution is -2.12. The van der Waals surface area contributed by atoms with Crippen LogP contribution in [0, 0.1) is 5.92 Å². The molecule has 1 aliphatic rings. The number of benzene rings is 1. The van der Waals surface area contributed by atoms with E-state index in [1.54, 1.807) is 0 Å². The summed E-state index contributed by atoms with van der Waals surface area (Å²) in [4.78, 5) is 15.9. The molecule has 3 rings (SSSR count). The summed E-state index contributed by atoms with van der Waals surface area (Å²) < 4.78 is 5.69. The summed E-state index contributed by atoms with van der Waals surface area (Å²) in [7, 11) is 0. The Bertz CT molecular complexity index is 623. The highest BCUT2D eigenvalue weighted by Crippen LogP contribution is 2.32. The molecule has 21 heavy (non-hydrogen) atoms. The highest BCUT2D eigenvalue weighted by molar-refractivity contribution is 6.10. The van der Waals surface area contributed by atoms with Gasteiger partial charge in [0.05, 0.1) is 12.0 Å². The number of H-pyrrole nitrogens is 1. The molecule has 0 atom stereocenters. The van der Waals surface area contributed by atoms with E-state index < -0.39 is 0 Å². The maximum Gasteiger partial charge on any atom is 0.165 e. The minimum Gasteiger partial charge on any atom is -0.493 e. The van der Waals surface area contributed by atoms with Crippen molar-refractivity contribution in [2.24, 2.45) is 5.92 Å². The van der Waals surface area contributed by atoms with Crippen molar-refractivity contribution in [3.05, 3.63) is 30.0 Å². The first-order valence-electron chi connectivity index (χ1n) is 8.05. The number of rotatable bonds is 5. The predicted molar refractivity (Wildman–Crippen MR) is 85.0 cm³/mol. The van der Waals surface area contributed by atoms with Gasteiger partial charge in [0.15, 0.2) is 5.78 Å². The minimum atomic E-state index is 0.250. The molecular weight excluding hydrogens is 262 g/mol. The van der Waals surface area contributed by atoms with E-state index in [1.807, 2.05) is 31.3 Å². The molecule has 1 N–H and O–H groups in total. The lowest BCUT2D eigenvalue weighted by Gasteiger charge is -2.20. The van der Waals surface area contributed by atoms with Gasteiger partial charge in [-0.25, -0.2) is 0 Å². The number of aromatic nitrogens is 1. The fourth-order valence-corrected chi connectivity index (χ4v) is 3.41. The van der Waals surface area contributed by atoms with Crippen LogP contribution < -0.4 is 4.74 Å². The van der Waals surface area contributed by atoms with Crippen LogP contribution in [-0.2, 0) is 0 Å². The van der Waals surface area contributed by atoms with E-state index in [0.717, 1.165) is 22.2 Å². The van der Waals surface area contributed by atoms with E-state index in [2.05, 4.69) is 4.98 Å². The van der Waals surface area contributed by atoms with Crippen LogP contribution in [0.25, 0.3) is 10.9 Å². The molecule has 1 aromatic heterocycles. The van der Waals surface area contributed by atoms with Gasteiger partial charge in [0.1, 0.15) is 5.75 Å². The Morgan fingerprint density at radius 1 is 1.29 bits per heavy atom. The number of ether oxygens (including phenoxy) is 1. The van der Waals surface area contributed by atoms with Crippen LogP contribution in [0.5, 0.6) is 5.75 Å². The summed E-state index contributed by atoms with van der Waals surface area (Å²) >= 11 is 0. The molecule has 1 aromatic carbocycles. The fourth-order valence-electron chi connectivity index (χ4n) is 3.41. The summed E-state index contributed by atoms with van der Waals surface area (Å²) in [5.41, 5.74) is 1.77. The smallest absolute Gasteiger partial charge is 0.165 e. The zero-order chi connectivity index (χ0) is 14.7. The Kier molecular flexibility index (Phi) is 4.28. The van der Waals surface area contributed by atoms with E-state index >= 15 is 0 Å². The van der Waals surface area contributed by atoms with Crippen LogP contribution in [0.15, 0.2) is 24.4 Å². The maximum absolute atomic E-state index is 12.7. The van der Waals surface area contributed by atoms with Crippen molar-refractivity contribution in [1.29, 1.82) is 0 Å². The van der Waals surface area contributed by atoms with Gasteiger partial charge in [0.2, 0.25) is 0 Å². The molecule has 0 spiro atoms. The van der Waals surface area contributed by atoms with E-state index in [0.29, 0.717) is 18.9 Å². The molecule has 0 radical (unpaired) electrons. The molecule has 2 aromatic rings. The van der Waals surface area contributed by atoms with Crippen molar-refractivity contribution >= 4 is 16.7 Å². The summed E-state index contributed by atoms with van der Waals surface area (Å²) in [6.45, 7) is 2.58. The van der Waals surface area contributed by atoms with Crippen molar-refractivity contribution in [3.8, 4) is 5.75 Å². The summed E-state index contributed by atoms with van der Waals surface area (Å²) in [5, 5.41) is 0.945. The molecular formula is C18H23NO2. The first-order chi connectivity index (χ1) is 10.3. The number of Topliss-reactive ketones (excluding diaryl/α,β-unsaturated/α-hetero) is 1. The van der Waals surface area contributed by atoms with E-state index in [-0.39, 0.29) is 5.78 Å². The van der Waals surface area contributed by atoms with E-state index in [9.17, 15) is 4.79 Å². The molecule has 0 aliphatic heterocycles. The second kappa shape index (κ2) is 6.33. The standard InChI is InChI=1S/C18H23NO2/c1-2-21-17-10-6-9-15-18(17)14(12-19-15)16(20)11-13-7-4-3-5-8-13/h6,9-10,12-13,19H,2-5,7-8,11H2,1H3. The van der Waals surface area contributed by atoms with Crippen molar-refractivity contribution < 1.29 is 9.53 Å². The lowest BCUT2D eigenvalue weighted by molar-refractivity contribution is 0.0951.